The molecule has 0 amide bonds. The first-order chi connectivity index (χ1) is 9.65. The number of hydrogen-bond acceptors (Lipinski definition) is 2. The lowest BCUT2D eigenvalue weighted by Gasteiger charge is -2.23. The average molecular weight is 303 g/mol. The van der Waals surface area contributed by atoms with Gasteiger partial charge in [0.25, 0.3) is 0 Å². The molecule has 0 fully saturated rings. The van der Waals surface area contributed by atoms with Crippen LogP contribution in [0.25, 0.3) is 0 Å². The molecule has 0 heterocycles. The van der Waals surface area contributed by atoms with Gasteiger partial charge in [-0.25, -0.2) is 0 Å². The van der Waals surface area contributed by atoms with Gasteiger partial charge in [0.05, 0.1) is 0 Å². The van der Waals surface area contributed by atoms with Crippen molar-refractivity contribution in [3.05, 3.63) is 24.3 Å². The minimum Gasteiger partial charge on any atom is -0.406 e. The van der Waals surface area contributed by atoms with Gasteiger partial charge in [0.1, 0.15) is 5.75 Å². The largest absolute Gasteiger partial charge is 0.573 e. The molecule has 0 unspecified atom stereocenters. The highest BCUT2D eigenvalue weighted by molar-refractivity contribution is 5.47. The van der Waals surface area contributed by atoms with Crippen LogP contribution in [-0.2, 0) is 0 Å². The van der Waals surface area contributed by atoms with E-state index in [1.807, 2.05) is 0 Å². The Balaban J connectivity index is 2.66. The molecule has 1 rings (SSSR count). The summed E-state index contributed by atoms with van der Waals surface area (Å²) in [6, 6.07) is 6.22. The van der Waals surface area contributed by atoms with E-state index in [1.54, 1.807) is 12.1 Å². The second-order valence-electron chi connectivity index (χ2n) is 6.17. The van der Waals surface area contributed by atoms with Crippen LogP contribution in [0.5, 0.6) is 5.75 Å². The normalized spacial score (nSPS) is 12.3. The molecule has 120 valence electrons. The average Bonchev–Trinajstić information content (AvgIpc) is 2.28. The van der Waals surface area contributed by atoms with Gasteiger partial charge in [0, 0.05) is 11.7 Å². The van der Waals surface area contributed by atoms with E-state index >= 15 is 0 Å². The van der Waals surface area contributed by atoms with Crippen molar-refractivity contribution >= 4 is 5.69 Å². The fraction of sp³-hybridized carbons (Fsp3) is 0.625. The zero-order chi connectivity index (χ0) is 16.0. The van der Waals surface area contributed by atoms with Gasteiger partial charge in [-0.3, -0.25) is 0 Å². The number of hydrogen-bond donors (Lipinski definition) is 1. The van der Waals surface area contributed by atoms with E-state index in [4.69, 9.17) is 0 Å². The lowest BCUT2D eigenvalue weighted by atomic mass is 9.95. The molecule has 1 aromatic carbocycles. The van der Waals surface area contributed by atoms with Crippen LogP contribution in [0.15, 0.2) is 24.3 Å². The van der Waals surface area contributed by atoms with E-state index in [-0.39, 0.29) is 5.75 Å². The maximum absolute atomic E-state index is 12.1. The third kappa shape index (κ3) is 7.83. The molecular formula is C16H24F3NO. The van der Waals surface area contributed by atoms with E-state index in [0.29, 0.717) is 17.9 Å². The molecule has 0 radical (unpaired) electrons. The highest BCUT2D eigenvalue weighted by Crippen LogP contribution is 2.25. The van der Waals surface area contributed by atoms with Crippen molar-refractivity contribution in [2.24, 2.45) is 11.8 Å². The van der Waals surface area contributed by atoms with Crippen LogP contribution >= 0.6 is 0 Å². The Morgan fingerprint density at radius 1 is 0.952 bits per heavy atom. The number of benzene rings is 1. The maximum atomic E-state index is 12.1. The first-order valence-electron chi connectivity index (χ1n) is 7.28. The SMILES string of the molecule is CC(C)CC(CC(C)C)Nc1ccc(OC(F)(F)F)cc1. The van der Waals surface area contributed by atoms with Gasteiger partial charge in [-0.1, -0.05) is 27.7 Å². The minimum absolute atomic E-state index is 0.197. The lowest BCUT2D eigenvalue weighted by molar-refractivity contribution is -0.274. The molecule has 1 aromatic rings. The Bertz CT molecular complexity index is 403. The summed E-state index contributed by atoms with van der Waals surface area (Å²) in [4.78, 5) is 0. The molecule has 21 heavy (non-hydrogen) atoms. The Hall–Kier alpha value is -1.39. The number of anilines is 1. The van der Waals surface area contributed by atoms with Gasteiger partial charge in [0.15, 0.2) is 0 Å². The third-order valence-corrected chi connectivity index (χ3v) is 2.97. The minimum atomic E-state index is -4.65. The molecule has 0 aliphatic heterocycles. The molecule has 1 N–H and O–H groups in total. The summed E-state index contributed by atoms with van der Waals surface area (Å²) in [6.45, 7) is 8.65. The van der Waals surface area contributed by atoms with Crippen molar-refractivity contribution in [2.45, 2.75) is 52.9 Å². The Morgan fingerprint density at radius 2 is 1.43 bits per heavy atom. The van der Waals surface area contributed by atoms with Crippen LogP contribution in [-0.4, -0.2) is 12.4 Å². The van der Waals surface area contributed by atoms with Crippen molar-refractivity contribution in [1.82, 2.24) is 0 Å². The van der Waals surface area contributed by atoms with Gasteiger partial charge in [-0.15, -0.1) is 13.2 Å². The van der Waals surface area contributed by atoms with Crippen LogP contribution in [0.3, 0.4) is 0 Å². The molecule has 0 bridgehead atoms. The Labute approximate surface area is 124 Å². The van der Waals surface area contributed by atoms with Gasteiger partial charge in [-0.2, -0.15) is 0 Å². The Kier molecular flexibility index (Phi) is 6.37. The summed E-state index contributed by atoms with van der Waals surface area (Å²) < 4.78 is 40.2. The lowest BCUT2D eigenvalue weighted by Crippen LogP contribution is -2.23. The van der Waals surface area contributed by atoms with Gasteiger partial charge < -0.3 is 10.1 Å². The topological polar surface area (TPSA) is 21.3 Å². The highest BCUT2D eigenvalue weighted by atomic mass is 19.4. The van der Waals surface area contributed by atoms with Crippen molar-refractivity contribution in [3.63, 3.8) is 0 Å². The second-order valence-corrected chi connectivity index (χ2v) is 6.17. The standard InChI is InChI=1S/C16H24F3NO/c1-11(2)9-14(10-12(3)4)20-13-5-7-15(8-6-13)21-16(17,18)19/h5-8,11-12,14,20H,9-10H2,1-4H3. The van der Waals surface area contributed by atoms with Crippen molar-refractivity contribution < 1.29 is 17.9 Å². The van der Waals surface area contributed by atoms with Gasteiger partial charge in [0.2, 0.25) is 0 Å². The number of ether oxygens (including phenoxy) is 1. The molecule has 0 spiro atoms. The first kappa shape index (κ1) is 17.7. The molecule has 0 aliphatic rings. The van der Waals surface area contributed by atoms with Crippen molar-refractivity contribution in [1.29, 1.82) is 0 Å². The Morgan fingerprint density at radius 3 is 1.81 bits per heavy atom. The fourth-order valence-electron chi connectivity index (χ4n) is 2.34. The second kappa shape index (κ2) is 7.57. The third-order valence-electron chi connectivity index (χ3n) is 2.97. The van der Waals surface area contributed by atoms with E-state index in [0.717, 1.165) is 18.5 Å². The quantitative estimate of drug-likeness (QED) is 0.722. The van der Waals surface area contributed by atoms with Crippen LogP contribution in [0.4, 0.5) is 18.9 Å². The molecule has 0 aromatic heterocycles. The summed E-state index contributed by atoms with van der Waals surface area (Å²) in [5.41, 5.74) is 0.816. The van der Waals surface area contributed by atoms with Crippen LogP contribution < -0.4 is 10.1 Å². The molecule has 0 aliphatic carbocycles. The number of nitrogens with one attached hydrogen (secondary N) is 1. The molecule has 0 saturated carbocycles. The fourth-order valence-corrected chi connectivity index (χ4v) is 2.34. The number of rotatable bonds is 7. The summed E-state index contributed by atoms with van der Waals surface area (Å²) in [6.07, 6.45) is -2.59. The maximum Gasteiger partial charge on any atom is 0.573 e. The predicted octanol–water partition coefficient (Wildman–Crippen LogP) is 5.46. The summed E-state index contributed by atoms with van der Waals surface area (Å²) in [5.74, 6) is 0.931. The molecule has 0 saturated heterocycles. The monoisotopic (exact) mass is 303 g/mol. The van der Waals surface area contributed by atoms with Crippen LogP contribution in [0.2, 0.25) is 0 Å². The van der Waals surface area contributed by atoms with E-state index in [1.165, 1.54) is 12.1 Å². The zero-order valence-corrected chi connectivity index (χ0v) is 13.0. The number of halogens is 3. The highest BCUT2D eigenvalue weighted by Gasteiger charge is 2.30. The van der Waals surface area contributed by atoms with Crippen molar-refractivity contribution in [2.75, 3.05) is 5.32 Å². The molecule has 2 nitrogen and oxygen atoms in total. The van der Waals surface area contributed by atoms with Gasteiger partial charge in [-0.05, 0) is 48.9 Å². The van der Waals surface area contributed by atoms with Crippen LogP contribution in [0, 0.1) is 11.8 Å². The predicted molar refractivity (Wildman–Crippen MR) is 79.4 cm³/mol. The van der Waals surface area contributed by atoms with E-state index in [2.05, 4.69) is 37.7 Å². The zero-order valence-electron chi connectivity index (χ0n) is 13.0. The van der Waals surface area contributed by atoms with E-state index < -0.39 is 6.36 Å². The molecular weight excluding hydrogens is 279 g/mol. The van der Waals surface area contributed by atoms with Crippen LogP contribution in [0.1, 0.15) is 40.5 Å². The van der Waals surface area contributed by atoms with Crippen molar-refractivity contribution in [3.8, 4) is 5.75 Å². The van der Waals surface area contributed by atoms with E-state index in [9.17, 15) is 13.2 Å². The smallest absolute Gasteiger partial charge is 0.406 e. The van der Waals surface area contributed by atoms with Gasteiger partial charge >= 0.3 is 6.36 Å². The first-order valence-corrected chi connectivity index (χ1v) is 7.28. The number of alkyl halides is 3. The summed E-state index contributed by atoms with van der Waals surface area (Å²) in [5, 5.41) is 3.39. The summed E-state index contributed by atoms with van der Waals surface area (Å²) in [7, 11) is 0. The molecule has 5 heteroatoms. The molecule has 0 atom stereocenters. The summed E-state index contributed by atoms with van der Waals surface area (Å²) >= 11 is 0.